The van der Waals surface area contributed by atoms with Gasteiger partial charge in [0.25, 0.3) is 0 Å². The third-order valence-electron chi connectivity index (χ3n) is 5.44. The molecule has 1 saturated heterocycles. The molecule has 5 heteroatoms. The molecule has 0 unspecified atom stereocenters. The zero-order chi connectivity index (χ0) is 18.0. The van der Waals surface area contributed by atoms with Crippen LogP contribution in [0.5, 0.6) is 0 Å². The van der Waals surface area contributed by atoms with E-state index in [0.717, 1.165) is 37.5 Å². The lowest BCUT2D eigenvalue weighted by Gasteiger charge is -2.38. The van der Waals surface area contributed by atoms with Crippen molar-refractivity contribution in [3.05, 3.63) is 40.4 Å². The predicted molar refractivity (Wildman–Crippen MR) is 102 cm³/mol. The van der Waals surface area contributed by atoms with Crippen LogP contribution in [0.25, 0.3) is 5.57 Å². The summed E-state index contributed by atoms with van der Waals surface area (Å²) in [7, 11) is 0. The number of carboxylic acid groups (broad SMARTS) is 1. The molecule has 2 aliphatic rings. The van der Waals surface area contributed by atoms with E-state index in [0.29, 0.717) is 18.5 Å². The summed E-state index contributed by atoms with van der Waals surface area (Å²) in [5, 5.41) is 9.87. The van der Waals surface area contributed by atoms with E-state index in [4.69, 9.17) is 16.7 Å². The van der Waals surface area contributed by atoms with E-state index in [-0.39, 0.29) is 0 Å². The lowest BCUT2D eigenvalue weighted by atomic mass is 9.72. The van der Waals surface area contributed by atoms with Crippen LogP contribution in [0.4, 0.5) is 4.79 Å². The Balaban J connectivity index is 1.78. The summed E-state index contributed by atoms with van der Waals surface area (Å²) in [6, 6.07) is 8.19. The van der Waals surface area contributed by atoms with Gasteiger partial charge in [-0.2, -0.15) is 0 Å². The van der Waals surface area contributed by atoms with Crippen LogP contribution in [0.3, 0.4) is 0 Å². The zero-order valence-corrected chi connectivity index (χ0v) is 15.9. The van der Waals surface area contributed by atoms with Gasteiger partial charge in [-0.05, 0) is 47.9 Å². The van der Waals surface area contributed by atoms with Crippen molar-refractivity contribution in [2.24, 2.45) is 5.41 Å². The molecule has 4 nitrogen and oxygen atoms in total. The van der Waals surface area contributed by atoms with Crippen LogP contribution in [0, 0.1) is 5.41 Å². The van der Waals surface area contributed by atoms with Gasteiger partial charge in [-0.25, -0.2) is 4.79 Å². The van der Waals surface area contributed by atoms with Crippen LogP contribution >= 0.6 is 11.6 Å². The Morgan fingerprint density at radius 1 is 1.16 bits per heavy atom. The maximum absolute atomic E-state index is 11.1. The van der Waals surface area contributed by atoms with Gasteiger partial charge < -0.3 is 10.0 Å². The van der Waals surface area contributed by atoms with Crippen LogP contribution in [0.15, 0.2) is 29.8 Å². The van der Waals surface area contributed by atoms with Crippen LogP contribution in [0.2, 0.25) is 5.02 Å². The van der Waals surface area contributed by atoms with Gasteiger partial charge in [0.2, 0.25) is 0 Å². The lowest BCUT2D eigenvalue weighted by Crippen LogP contribution is -2.48. The molecule has 1 amide bonds. The number of amides is 1. The highest BCUT2D eigenvalue weighted by atomic mass is 35.5. The third-order valence-corrected chi connectivity index (χ3v) is 5.69. The van der Waals surface area contributed by atoms with Gasteiger partial charge in [-0.3, -0.25) is 4.90 Å². The number of hydrogen-bond acceptors (Lipinski definition) is 2. The summed E-state index contributed by atoms with van der Waals surface area (Å²) < 4.78 is 0. The Kier molecular flexibility index (Phi) is 5.40. The van der Waals surface area contributed by atoms with Gasteiger partial charge in [0.05, 0.1) is 0 Å². The molecular weight excluding hydrogens is 336 g/mol. The molecule has 1 aliphatic carbocycles. The molecule has 0 spiro atoms. The maximum Gasteiger partial charge on any atom is 0.407 e. The molecular formula is C20H27ClN2O2. The summed E-state index contributed by atoms with van der Waals surface area (Å²) in [5.41, 5.74) is 4.55. The summed E-state index contributed by atoms with van der Waals surface area (Å²) in [5.74, 6) is 0. The topological polar surface area (TPSA) is 43.8 Å². The number of piperazine rings is 1. The van der Waals surface area contributed by atoms with Gasteiger partial charge in [0.15, 0.2) is 0 Å². The summed E-state index contributed by atoms with van der Waals surface area (Å²) >= 11 is 6.06. The molecule has 0 bridgehead atoms. The van der Waals surface area contributed by atoms with E-state index in [1.165, 1.54) is 28.0 Å². The molecule has 1 aromatic rings. The Hall–Kier alpha value is -1.52. The number of benzene rings is 1. The summed E-state index contributed by atoms with van der Waals surface area (Å²) in [6.07, 6.45) is 2.60. The highest BCUT2D eigenvalue weighted by Gasteiger charge is 2.29. The van der Waals surface area contributed by atoms with Crippen molar-refractivity contribution >= 4 is 23.3 Å². The fourth-order valence-corrected chi connectivity index (χ4v) is 3.96. The number of carbonyl (C=O) groups is 1. The molecule has 0 atom stereocenters. The maximum atomic E-state index is 11.1. The third kappa shape index (κ3) is 4.56. The number of hydrogen-bond donors (Lipinski definition) is 1. The molecule has 25 heavy (non-hydrogen) atoms. The fraction of sp³-hybridized carbons (Fsp3) is 0.550. The average molecular weight is 363 g/mol. The molecule has 1 aromatic carbocycles. The molecule has 1 fully saturated rings. The largest absolute Gasteiger partial charge is 0.465 e. The van der Waals surface area contributed by atoms with Crippen LogP contribution in [-0.2, 0) is 0 Å². The average Bonchev–Trinajstić information content (AvgIpc) is 2.57. The Bertz CT molecular complexity index is 659. The van der Waals surface area contributed by atoms with Crippen molar-refractivity contribution < 1.29 is 9.90 Å². The predicted octanol–water partition coefficient (Wildman–Crippen LogP) is 4.60. The highest BCUT2D eigenvalue weighted by Crippen LogP contribution is 2.43. The van der Waals surface area contributed by atoms with E-state index in [1.54, 1.807) is 0 Å². The minimum Gasteiger partial charge on any atom is -0.465 e. The lowest BCUT2D eigenvalue weighted by molar-refractivity contribution is 0.108. The normalized spacial score (nSPS) is 21.5. The van der Waals surface area contributed by atoms with Crippen LogP contribution < -0.4 is 0 Å². The smallest absolute Gasteiger partial charge is 0.407 e. The van der Waals surface area contributed by atoms with Crippen molar-refractivity contribution in [2.75, 3.05) is 32.7 Å². The van der Waals surface area contributed by atoms with Crippen LogP contribution in [0.1, 0.15) is 38.7 Å². The Morgan fingerprint density at radius 3 is 2.40 bits per heavy atom. The minimum atomic E-state index is -0.805. The zero-order valence-electron chi connectivity index (χ0n) is 15.1. The number of nitrogens with zero attached hydrogens (tertiary/aromatic N) is 2. The van der Waals surface area contributed by atoms with Crippen LogP contribution in [-0.4, -0.2) is 53.7 Å². The molecule has 1 heterocycles. The second-order valence-corrected chi connectivity index (χ2v) is 8.41. The van der Waals surface area contributed by atoms with Gasteiger partial charge in [0, 0.05) is 37.7 Å². The molecule has 1 N–H and O–H groups in total. The first-order valence-corrected chi connectivity index (χ1v) is 9.39. The molecule has 0 radical (unpaired) electrons. The van der Waals surface area contributed by atoms with Crippen molar-refractivity contribution in [3.8, 4) is 0 Å². The van der Waals surface area contributed by atoms with E-state index < -0.39 is 6.09 Å². The summed E-state index contributed by atoms with van der Waals surface area (Å²) in [4.78, 5) is 15.0. The molecule has 0 saturated carbocycles. The monoisotopic (exact) mass is 362 g/mol. The fourth-order valence-electron chi connectivity index (χ4n) is 3.83. The SMILES string of the molecule is CC1(C)CCC(CN2CCN(C(=O)O)CC2)=C(c2ccc(Cl)cc2)C1. The standard InChI is InChI=1S/C20H27ClN2O2/c1-20(2)8-7-16(14-22-9-11-23(12-10-22)19(24)25)18(13-20)15-3-5-17(21)6-4-15/h3-6H,7-14H2,1-2H3,(H,24,25). The molecule has 136 valence electrons. The number of allylic oxidation sites excluding steroid dienone is 1. The minimum absolute atomic E-state index is 0.320. The Morgan fingerprint density at radius 2 is 1.80 bits per heavy atom. The molecule has 3 rings (SSSR count). The van der Waals surface area contributed by atoms with Crippen molar-refractivity contribution in [2.45, 2.75) is 33.1 Å². The second-order valence-electron chi connectivity index (χ2n) is 7.98. The van der Waals surface area contributed by atoms with E-state index in [2.05, 4.69) is 30.9 Å². The van der Waals surface area contributed by atoms with E-state index in [9.17, 15) is 4.79 Å². The van der Waals surface area contributed by atoms with Crippen molar-refractivity contribution in [3.63, 3.8) is 0 Å². The second kappa shape index (κ2) is 7.38. The Labute approximate surface area is 155 Å². The molecule has 0 aromatic heterocycles. The van der Waals surface area contributed by atoms with Gasteiger partial charge in [-0.1, -0.05) is 43.2 Å². The molecule has 1 aliphatic heterocycles. The first kappa shape index (κ1) is 18.3. The highest BCUT2D eigenvalue weighted by molar-refractivity contribution is 6.30. The van der Waals surface area contributed by atoms with E-state index in [1.807, 2.05) is 12.1 Å². The van der Waals surface area contributed by atoms with Gasteiger partial charge >= 0.3 is 6.09 Å². The van der Waals surface area contributed by atoms with Crippen molar-refractivity contribution in [1.29, 1.82) is 0 Å². The number of halogens is 1. The van der Waals surface area contributed by atoms with Gasteiger partial charge in [0.1, 0.15) is 0 Å². The first-order valence-electron chi connectivity index (χ1n) is 9.01. The number of rotatable bonds is 3. The van der Waals surface area contributed by atoms with E-state index >= 15 is 0 Å². The quantitative estimate of drug-likeness (QED) is 0.854. The summed E-state index contributed by atoms with van der Waals surface area (Å²) in [6.45, 7) is 8.45. The first-order chi connectivity index (χ1) is 11.8. The van der Waals surface area contributed by atoms with Crippen molar-refractivity contribution in [1.82, 2.24) is 9.80 Å². The van der Waals surface area contributed by atoms with Gasteiger partial charge in [-0.15, -0.1) is 0 Å².